The molecule has 1 fully saturated rings. The van der Waals surface area contributed by atoms with E-state index >= 15 is 0 Å². The van der Waals surface area contributed by atoms with Gasteiger partial charge in [-0.3, -0.25) is 4.79 Å². The summed E-state index contributed by atoms with van der Waals surface area (Å²) in [4.78, 5) is 26.1. The van der Waals surface area contributed by atoms with E-state index in [2.05, 4.69) is 10.6 Å². The van der Waals surface area contributed by atoms with Crippen LogP contribution in [0.25, 0.3) is 0 Å². The number of rotatable bonds is 4. The number of carbonyl (C=O) groups excluding carboxylic acids is 2. The lowest BCUT2D eigenvalue weighted by Gasteiger charge is -2.32. The number of urea groups is 1. The molecule has 2 aromatic rings. The molecule has 0 aromatic heterocycles. The number of hydrogen-bond donors (Lipinski definition) is 2. The van der Waals surface area contributed by atoms with Crippen LogP contribution in [0.3, 0.4) is 0 Å². The van der Waals surface area contributed by atoms with E-state index in [0.717, 1.165) is 0 Å². The van der Waals surface area contributed by atoms with E-state index in [0.29, 0.717) is 37.1 Å². The van der Waals surface area contributed by atoms with Gasteiger partial charge in [-0.1, -0.05) is 36.4 Å². The minimum Gasteiger partial charge on any atom is -0.349 e. The molecule has 6 heteroatoms. The third-order valence-electron chi connectivity index (χ3n) is 4.54. The molecule has 2 aromatic carbocycles. The molecule has 26 heavy (non-hydrogen) atoms. The van der Waals surface area contributed by atoms with Gasteiger partial charge in [-0.15, -0.1) is 0 Å². The Labute approximate surface area is 152 Å². The average molecular weight is 355 g/mol. The van der Waals surface area contributed by atoms with Crippen molar-refractivity contribution >= 4 is 11.9 Å². The minimum atomic E-state index is -0.324. The maximum absolute atomic E-state index is 13.6. The molecule has 3 rings (SSSR count). The van der Waals surface area contributed by atoms with Gasteiger partial charge in [0.1, 0.15) is 5.82 Å². The van der Waals surface area contributed by atoms with Crippen molar-refractivity contribution in [3.8, 4) is 0 Å². The van der Waals surface area contributed by atoms with Crippen LogP contribution in [0.2, 0.25) is 0 Å². The molecule has 1 saturated heterocycles. The monoisotopic (exact) mass is 355 g/mol. The molecule has 5 nitrogen and oxygen atoms in total. The Bertz CT molecular complexity index is 759. The number of hydrogen-bond acceptors (Lipinski definition) is 2. The largest absolute Gasteiger partial charge is 0.349 e. The van der Waals surface area contributed by atoms with Crippen molar-refractivity contribution in [2.45, 2.75) is 25.4 Å². The fraction of sp³-hybridized carbons (Fsp3) is 0.300. The van der Waals surface area contributed by atoms with E-state index in [-0.39, 0.29) is 30.3 Å². The van der Waals surface area contributed by atoms with Crippen LogP contribution in [0.4, 0.5) is 9.18 Å². The Morgan fingerprint density at radius 3 is 2.35 bits per heavy atom. The smallest absolute Gasteiger partial charge is 0.317 e. The zero-order chi connectivity index (χ0) is 18.4. The molecule has 1 aliphatic heterocycles. The highest BCUT2D eigenvalue weighted by Gasteiger charge is 2.24. The highest BCUT2D eigenvalue weighted by molar-refractivity contribution is 5.94. The van der Waals surface area contributed by atoms with Crippen LogP contribution in [-0.4, -0.2) is 36.0 Å². The first-order chi connectivity index (χ1) is 12.6. The third kappa shape index (κ3) is 4.59. The van der Waals surface area contributed by atoms with Gasteiger partial charge >= 0.3 is 6.03 Å². The lowest BCUT2D eigenvalue weighted by Crippen LogP contribution is -2.49. The molecule has 0 bridgehead atoms. The average Bonchev–Trinajstić information content (AvgIpc) is 2.68. The zero-order valence-corrected chi connectivity index (χ0v) is 14.5. The van der Waals surface area contributed by atoms with Crippen molar-refractivity contribution in [2.75, 3.05) is 13.1 Å². The lowest BCUT2D eigenvalue weighted by molar-refractivity contribution is 0.0918. The van der Waals surface area contributed by atoms with Gasteiger partial charge in [-0.25, -0.2) is 9.18 Å². The van der Waals surface area contributed by atoms with Crippen LogP contribution < -0.4 is 10.6 Å². The SMILES string of the molecule is O=C(NC1CCN(C(=O)NCc2ccccc2F)CC1)c1ccccc1. The summed E-state index contributed by atoms with van der Waals surface area (Å²) in [6, 6.07) is 15.3. The summed E-state index contributed by atoms with van der Waals surface area (Å²) < 4.78 is 13.6. The van der Waals surface area contributed by atoms with Crippen LogP contribution in [0.1, 0.15) is 28.8 Å². The van der Waals surface area contributed by atoms with Crippen molar-refractivity contribution in [3.05, 3.63) is 71.5 Å². The van der Waals surface area contributed by atoms with Crippen LogP contribution >= 0.6 is 0 Å². The standard InChI is InChI=1S/C20H22FN3O2/c21-18-9-5-4-8-16(18)14-22-20(26)24-12-10-17(11-13-24)23-19(25)15-6-2-1-3-7-15/h1-9,17H,10-14H2,(H,22,26)(H,23,25). The molecule has 3 amide bonds. The van der Waals surface area contributed by atoms with Crippen LogP contribution in [-0.2, 0) is 6.54 Å². The van der Waals surface area contributed by atoms with Crippen molar-refractivity contribution in [3.63, 3.8) is 0 Å². The number of carbonyl (C=O) groups is 2. The van der Waals surface area contributed by atoms with E-state index in [1.807, 2.05) is 18.2 Å². The topological polar surface area (TPSA) is 61.4 Å². The van der Waals surface area contributed by atoms with E-state index < -0.39 is 0 Å². The van der Waals surface area contributed by atoms with Gasteiger partial charge < -0.3 is 15.5 Å². The fourth-order valence-corrected chi connectivity index (χ4v) is 3.01. The van der Waals surface area contributed by atoms with Gasteiger partial charge in [0.15, 0.2) is 0 Å². The molecule has 1 heterocycles. The molecular weight excluding hydrogens is 333 g/mol. The summed E-state index contributed by atoms with van der Waals surface area (Å²) in [6.45, 7) is 1.28. The summed E-state index contributed by atoms with van der Waals surface area (Å²) >= 11 is 0. The predicted molar refractivity (Wildman–Crippen MR) is 97.1 cm³/mol. The molecule has 1 aliphatic rings. The molecule has 0 unspecified atom stereocenters. The molecule has 0 saturated carbocycles. The van der Waals surface area contributed by atoms with Gasteiger partial charge in [0.2, 0.25) is 0 Å². The van der Waals surface area contributed by atoms with Crippen molar-refractivity contribution in [1.82, 2.24) is 15.5 Å². The van der Waals surface area contributed by atoms with Gasteiger partial charge in [-0.05, 0) is 31.0 Å². The Morgan fingerprint density at radius 2 is 1.65 bits per heavy atom. The van der Waals surface area contributed by atoms with Gasteiger partial charge in [0.25, 0.3) is 5.91 Å². The molecule has 0 atom stereocenters. The molecule has 0 spiro atoms. The Balaban J connectivity index is 1.44. The first kappa shape index (κ1) is 17.9. The maximum atomic E-state index is 13.6. The normalized spacial score (nSPS) is 14.7. The Kier molecular flexibility index (Phi) is 5.84. The fourth-order valence-electron chi connectivity index (χ4n) is 3.01. The second kappa shape index (κ2) is 8.47. The maximum Gasteiger partial charge on any atom is 0.317 e. The van der Waals surface area contributed by atoms with Crippen LogP contribution in [0.5, 0.6) is 0 Å². The predicted octanol–water partition coefficient (Wildman–Crippen LogP) is 2.93. The van der Waals surface area contributed by atoms with Crippen molar-refractivity contribution in [1.29, 1.82) is 0 Å². The second-order valence-electron chi connectivity index (χ2n) is 6.35. The van der Waals surface area contributed by atoms with Gasteiger partial charge in [0.05, 0.1) is 0 Å². The number of piperidine rings is 1. The minimum absolute atomic E-state index is 0.0540. The van der Waals surface area contributed by atoms with E-state index in [9.17, 15) is 14.0 Å². The highest BCUT2D eigenvalue weighted by atomic mass is 19.1. The molecule has 0 radical (unpaired) electrons. The number of amides is 3. The number of benzene rings is 2. The summed E-state index contributed by atoms with van der Waals surface area (Å²) in [7, 11) is 0. The number of likely N-dealkylation sites (tertiary alicyclic amines) is 1. The van der Waals surface area contributed by atoms with Crippen molar-refractivity contribution < 1.29 is 14.0 Å². The van der Waals surface area contributed by atoms with E-state index in [4.69, 9.17) is 0 Å². The third-order valence-corrected chi connectivity index (χ3v) is 4.54. The zero-order valence-electron chi connectivity index (χ0n) is 14.5. The summed E-state index contributed by atoms with van der Waals surface area (Å²) in [6.07, 6.45) is 1.40. The van der Waals surface area contributed by atoms with Crippen molar-refractivity contribution in [2.24, 2.45) is 0 Å². The summed E-state index contributed by atoms with van der Waals surface area (Å²) in [5, 5.41) is 5.76. The van der Waals surface area contributed by atoms with Crippen LogP contribution in [0, 0.1) is 5.82 Å². The first-order valence-electron chi connectivity index (χ1n) is 8.75. The molecule has 0 aliphatic carbocycles. The highest BCUT2D eigenvalue weighted by Crippen LogP contribution is 2.12. The number of halogens is 1. The Hall–Kier alpha value is -2.89. The summed E-state index contributed by atoms with van der Waals surface area (Å²) in [5.41, 5.74) is 1.10. The van der Waals surface area contributed by atoms with E-state index in [1.165, 1.54) is 6.07 Å². The quantitative estimate of drug-likeness (QED) is 0.886. The molecule has 136 valence electrons. The molecule has 2 N–H and O–H groups in total. The first-order valence-corrected chi connectivity index (χ1v) is 8.75. The number of nitrogens with zero attached hydrogens (tertiary/aromatic N) is 1. The Morgan fingerprint density at radius 1 is 1.00 bits per heavy atom. The number of nitrogens with one attached hydrogen (secondary N) is 2. The summed E-state index contributed by atoms with van der Waals surface area (Å²) in [5.74, 6) is -0.414. The molecular formula is C20H22FN3O2. The van der Waals surface area contributed by atoms with Crippen LogP contribution in [0.15, 0.2) is 54.6 Å². The second-order valence-corrected chi connectivity index (χ2v) is 6.35. The lowest BCUT2D eigenvalue weighted by atomic mass is 10.0. The van der Waals surface area contributed by atoms with Gasteiger partial charge in [-0.2, -0.15) is 0 Å². The van der Waals surface area contributed by atoms with Gasteiger partial charge in [0, 0.05) is 36.8 Å². The van der Waals surface area contributed by atoms with E-state index in [1.54, 1.807) is 35.2 Å².